The Hall–Kier alpha value is -2.66. The van der Waals surface area contributed by atoms with Gasteiger partial charge in [-0.3, -0.25) is 9.59 Å². The highest BCUT2D eigenvalue weighted by molar-refractivity contribution is 5.81. The molecule has 1 saturated heterocycles. The molecular formula is C22H26N2O3. The molecule has 5 heteroatoms. The Morgan fingerprint density at radius 3 is 2.41 bits per heavy atom. The van der Waals surface area contributed by atoms with Crippen molar-refractivity contribution in [3.8, 4) is 0 Å². The van der Waals surface area contributed by atoms with E-state index in [9.17, 15) is 9.59 Å². The van der Waals surface area contributed by atoms with E-state index < -0.39 is 6.10 Å². The van der Waals surface area contributed by atoms with E-state index >= 15 is 0 Å². The van der Waals surface area contributed by atoms with E-state index in [0.29, 0.717) is 19.6 Å². The molecule has 2 aromatic rings. The predicted molar refractivity (Wildman–Crippen MR) is 104 cm³/mol. The van der Waals surface area contributed by atoms with Crippen LogP contribution in [0.5, 0.6) is 0 Å². The minimum absolute atomic E-state index is 0.151. The molecule has 2 aromatic carbocycles. The first-order valence-electron chi connectivity index (χ1n) is 9.42. The summed E-state index contributed by atoms with van der Waals surface area (Å²) < 4.78 is 5.73. The second kappa shape index (κ2) is 9.33. The van der Waals surface area contributed by atoms with Crippen molar-refractivity contribution in [1.29, 1.82) is 0 Å². The zero-order valence-corrected chi connectivity index (χ0v) is 15.6. The summed E-state index contributed by atoms with van der Waals surface area (Å²) >= 11 is 0. The molecule has 0 saturated carbocycles. The van der Waals surface area contributed by atoms with Crippen molar-refractivity contribution in [3.05, 3.63) is 71.8 Å². The number of hydrogen-bond donors (Lipinski definition) is 1. The molecule has 142 valence electrons. The monoisotopic (exact) mass is 366 g/mol. The van der Waals surface area contributed by atoms with Gasteiger partial charge in [-0.1, -0.05) is 60.7 Å². The summed E-state index contributed by atoms with van der Waals surface area (Å²) in [6, 6.07) is 19.3. The maximum absolute atomic E-state index is 12.7. The van der Waals surface area contributed by atoms with E-state index in [2.05, 4.69) is 5.32 Å². The van der Waals surface area contributed by atoms with Crippen molar-refractivity contribution in [2.45, 2.75) is 38.5 Å². The van der Waals surface area contributed by atoms with E-state index in [4.69, 9.17) is 4.74 Å². The van der Waals surface area contributed by atoms with E-state index in [1.807, 2.05) is 65.6 Å². The number of rotatable bonds is 8. The number of carbonyl (C=O) groups is 2. The molecule has 0 aromatic heterocycles. The van der Waals surface area contributed by atoms with E-state index in [1.165, 1.54) is 0 Å². The Bertz CT molecular complexity index is 749. The number of nitrogens with zero attached hydrogens (tertiary/aromatic N) is 1. The molecule has 0 radical (unpaired) electrons. The molecule has 1 heterocycles. The summed E-state index contributed by atoms with van der Waals surface area (Å²) in [7, 11) is 0. The van der Waals surface area contributed by atoms with Crippen LogP contribution in [0.2, 0.25) is 0 Å². The number of ether oxygens (including phenoxy) is 1. The van der Waals surface area contributed by atoms with Crippen molar-refractivity contribution in [2.75, 3.05) is 13.1 Å². The lowest BCUT2D eigenvalue weighted by molar-refractivity contribution is -0.134. The molecule has 27 heavy (non-hydrogen) atoms. The number of hydrogen-bond acceptors (Lipinski definition) is 3. The van der Waals surface area contributed by atoms with Gasteiger partial charge in [0.1, 0.15) is 6.10 Å². The van der Waals surface area contributed by atoms with Crippen LogP contribution >= 0.6 is 0 Å². The fourth-order valence-electron chi connectivity index (χ4n) is 3.20. The molecule has 2 atom stereocenters. The molecular weight excluding hydrogens is 340 g/mol. The van der Waals surface area contributed by atoms with Gasteiger partial charge in [-0.25, -0.2) is 0 Å². The number of amides is 2. The average Bonchev–Trinajstić information content (AvgIpc) is 3.11. The van der Waals surface area contributed by atoms with E-state index in [1.54, 1.807) is 6.92 Å². The molecule has 0 unspecified atom stereocenters. The van der Waals surface area contributed by atoms with Crippen molar-refractivity contribution in [2.24, 2.45) is 0 Å². The third-order valence-corrected chi connectivity index (χ3v) is 4.80. The maximum atomic E-state index is 12.7. The minimum Gasteiger partial charge on any atom is -0.364 e. The van der Waals surface area contributed by atoms with Crippen LogP contribution in [0.4, 0.5) is 0 Å². The van der Waals surface area contributed by atoms with Gasteiger partial charge in [-0.15, -0.1) is 0 Å². The fraction of sp³-hybridized carbons (Fsp3) is 0.364. The molecule has 0 aliphatic carbocycles. The lowest BCUT2D eigenvalue weighted by Crippen LogP contribution is -2.42. The van der Waals surface area contributed by atoms with Crippen LogP contribution in [-0.2, 0) is 20.9 Å². The molecule has 0 bridgehead atoms. The predicted octanol–water partition coefficient (Wildman–Crippen LogP) is 3.07. The SMILES string of the molecule is C[C@@H](OCc1ccccc1)C(=O)N[C@@H](CN1CCCC1=O)c1ccccc1. The van der Waals surface area contributed by atoms with Gasteiger partial charge in [0.15, 0.2) is 0 Å². The molecule has 1 N–H and O–H groups in total. The van der Waals surface area contributed by atoms with Gasteiger partial charge in [0, 0.05) is 19.5 Å². The van der Waals surface area contributed by atoms with Gasteiger partial charge < -0.3 is 15.0 Å². The van der Waals surface area contributed by atoms with Crippen LogP contribution in [0.25, 0.3) is 0 Å². The maximum Gasteiger partial charge on any atom is 0.249 e. The summed E-state index contributed by atoms with van der Waals surface area (Å²) in [5, 5.41) is 3.06. The Morgan fingerprint density at radius 1 is 1.11 bits per heavy atom. The first-order chi connectivity index (χ1) is 13.1. The van der Waals surface area contributed by atoms with Gasteiger partial charge in [-0.2, -0.15) is 0 Å². The first kappa shape index (κ1) is 19.1. The number of benzene rings is 2. The molecule has 2 amide bonds. The van der Waals surface area contributed by atoms with Crippen molar-refractivity contribution in [3.63, 3.8) is 0 Å². The smallest absolute Gasteiger partial charge is 0.249 e. The Kier molecular flexibility index (Phi) is 6.60. The van der Waals surface area contributed by atoms with Gasteiger partial charge in [-0.05, 0) is 24.5 Å². The lowest BCUT2D eigenvalue weighted by Gasteiger charge is -2.26. The second-order valence-corrected chi connectivity index (χ2v) is 6.85. The molecule has 1 fully saturated rings. The molecule has 1 aliphatic heterocycles. The van der Waals surface area contributed by atoms with Crippen LogP contribution in [0, 0.1) is 0 Å². The van der Waals surface area contributed by atoms with Crippen LogP contribution < -0.4 is 5.32 Å². The highest BCUT2D eigenvalue weighted by atomic mass is 16.5. The highest BCUT2D eigenvalue weighted by Crippen LogP contribution is 2.19. The lowest BCUT2D eigenvalue weighted by atomic mass is 10.1. The summed E-state index contributed by atoms with van der Waals surface area (Å²) in [5.74, 6) is -0.0232. The van der Waals surface area contributed by atoms with Gasteiger partial charge in [0.25, 0.3) is 0 Å². The zero-order valence-electron chi connectivity index (χ0n) is 15.6. The van der Waals surface area contributed by atoms with Crippen LogP contribution in [0.1, 0.15) is 36.9 Å². The number of carbonyl (C=O) groups excluding carboxylic acids is 2. The first-order valence-corrected chi connectivity index (χ1v) is 9.42. The van der Waals surface area contributed by atoms with Gasteiger partial charge in [0.05, 0.1) is 12.6 Å². The number of likely N-dealkylation sites (tertiary alicyclic amines) is 1. The third-order valence-electron chi connectivity index (χ3n) is 4.80. The largest absolute Gasteiger partial charge is 0.364 e. The number of nitrogens with one attached hydrogen (secondary N) is 1. The fourth-order valence-corrected chi connectivity index (χ4v) is 3.20. The van der Waals surface area contributed by atoms with Crippen molar-refractivity contribution >= 4 is 11.8 Å². The molecule has 0 spiro atoms. The molecule has 5 nitrogen and oxygen atoms in total. The minimum atomic E-state index is -0.578. The summed E-state index contributed by atoms with van der Waals surface area (Å²) in [4.78, 5) is 26.5. The highest BCUT2D eigenvalue weighted by Gasteiger charge is 2.26. The van der Waals surface area contributed by atoms with Gasteiger partial charge >= 0.3 is 0 Å². The Labute approximate surface area is 160 Å². The van der Waals surface area contributed by atoms with Crippen LogP contribution in [0.15, 0.2) is 60.7 Å². The second-order valence-electron chi connectivity index (χ2n) is 6.85. The van der Waals surface area contributed by atoms with E-state index in [-0.39, 0.29) is 17.9 Å². The quantitative estimate of drug-likeness (QED) is 0.781. The average molecular weight is 366 g/mol. The van der Waals surface area contributed by atoms with Crippen LogP contribution in [-0.4, -0.2) is 35.9 Å². The topological polar surface area (TPSA) is 58.6 Å². The van der Waals surface area contributed by atoms with Gasteiger partial charge in [0.2, 0.25) is 11.8 Å². The Balaban J connectivity index is 1.61. The third kappa shape index (κ3) is 5.41. The molecule has 1 aliphatic rings. The Morgan fingerprint density at radius 2 is 1.78 bits per heavy atom. The summed E-state index contributed by atoms with van der Waals surface area (Å²) in [6.45, 7) is 3.37. The van der Waals surface area contributed by atoms with Crippen LogP contribution in [0.3, 0.4) is 0 Å². The van der Waals surface area contributed by atoms with E-state index in [0.717, 1.165) is 24.1 Å². The van der Waals surface area contributed by atoms with Crippen molar-refractivity contribution < 1.29 is 14.3 Å². The summed E-state index contributed by atoms with van der Waals surface area (Å²) in [6.07, 6.45) is 0.891. The summed E-state index contributed by atoms with van der Waals surface area (Å²) in [5.41, 5.74) is 2.01. The molecule has 3 rings (SSSR count). The van der Waals surface area contributed by atoms with Crippen molar-refractivity contribution in [1.82, 2.24) is 10.2 Å². The zero-order chi connectivity index (χ0) is 19.1. The normalized spacial score (nSPS) is 16.2. The standard InChI is InChI=1S/C22H26N2O3/c1-17(27-16-18-9-4-2-5-10-18)22(26)23-20(19-11-6-3-7-12-19)15-24-14-8-13-21(24)25/h2-7,9-12,17,20H,8,13-16H2,1H3,(H,23,26)/t17-,20+/m1/s1.